The van der Waals surface area contributed by atoms with E-state index in [1.807, 2.05) is 30.3 Å². The van der Waals surface area contributed by atoms with Gasteiger partial charge in [0.1, 0.15) is 6.04 Å². The van der Waals surface area contributed by atoms with E-state index in [9.17, 15) is 4.79 Å². The summed E-state index contributed by atoms with van der Waals surface area (Å²) in [4.78, 5) is 17.5. The van der Waals surface area contributed by atoms with Crippen LogP contribution in [0.25, 0.3) is 0 Å². The number of nitrogens with zero attached hydrogens (tertiary/aromatic N) is 2. The van der Waals surface area contributed by atoms with Gasteiger partial charge in [-0.05, 0) is 31.4 Å². The topological polar surface area (TPSA) is 35.6 Å². The summed E-state index contributed by atoms with van der Waals surface area (Å²) in [6.45, 7) is 3.08. The summed E-state index contributed by atoms with van der Waals surface area (Å²) in [6.07, 6.45) is 5.03. The predicted molar refractivity (Wildman–Crippen MR) is 81.6 cm³/mol. The van der Waals surface area contributed by atoms with E-state index in [0.717, 1.165) is 18.5 Å². The van der Waals surface area contributed by atoms with Gasteiger partial charge in [0.25, 0.3) is 0 Å². The first-order chi connectivity index (χ1) is 10.3. The van der Waals surface area contributed by atoms with Crippen LogP contribution in [0.5, 0.6) is 0 Å². The normalized spacial score (nSPS) is 33.4. The Balaban J connectivity index is 1.51. The molecule has 3 unspecified atom stereocenters. The van der Waals surface area contributed by atoms with Crippen molar-refractivity contribution in [2.75, 3.05) is 19.8 Å². The van der Waals surface area contributed by atoms with Crippen LogP contribution >= 0.6 is 0 Å². The van der Waals surface area contributed by atoms with E-state index in [-0.39, 0.29) is 11.9 Å². The van der Waals surface area contributed by atoms with Crippen LogP contribution in [0.15, 0.2) is 30.3 Å². The van der Waals surface area contributed by atoms with Gasteiger partial charge in [0.05, 0.1) is 6.67 Å². The van der Waals surface area contributed by atoms with Gasteiger partial charge in [-0.3, -0.25) is 15.0 Å². The summed E-state index contributed by atoms with van der Waals surface area (Å²) in [5.41, 5.74) is 1.09. The molecule has 0 aliphatic carbocycles. The Morgan fingerprint density at radius 1 is 1.00 bits per heavy atom. The number of hydrogen-bond acceptors (Lipinski definition) is 3. The molecule has 3 heterocycles. The molecule has 3 aliphatic heterocycles. The highest BCUT2D eigenvalue weighted by atomic mass is 16.2. The fraction of sp³-hybridized carbons (Fsp3) is 0.588. The minimum Gasteiger partial charge on any atom is -0.324 e. The molecular weight excluding hydrogens is 262 g/mol. The van der Waals surface area contributed by atoms with E-state index in [0.29, 0.717) is 18.8 Å². The van der Waals surface area contributed by atoms with Gasteiger partial charge >= 0.3 is 0 Å². The monoisotopic (exact) mass is 285 g/mol. The fourth-order valence-corrected chi connectivity index (χ4v) is 4.29. The molecule has 4 heteroatoms. The fourth-order valence-electron chi connectivity index (χ4n) is 4.29. The molecule has 3 fully saturated rings. The van der Waals surface area contributed by atoms with E-state index >= 15 is 0 Å². The van der Waals surface area contributed by atoms with Crippen molar-refractivity contribution in [3.8, 4) is 0 Å². The van der Waals surface area contributed by atoms with Gasteiger partial charge in [0.2, 0.25) is 5.91 Å². The van der Waals surface area contributed by atoms with Crippen LogP contribution in [0.3, 0.4) is 0 Å². The van der Waals surface area contributed by atoms with Crippen molar-refractivity contribution in [2.24, 2.45) is 0 Å². The second-order valence-electron chi connectivity index (χ2n) is 6.47. The number of carbonyl (C=O) groups is 1. The molecule has 1 amide bonds. The van der Waals surface area contributed by atoms with Gasteiger partial charge < -0.3 is 4.90 Å². The first kappa shape index (κ1) is 13.3. The van der Waals surface area contributed by atoms with Crippen molar-refractivity contribution in [3.05, 3.63) is 35.9 Å². The summed E-state index contributed by atoms with van der Waals surface area (Å²) in [5, 5.41) is 3.40. The van der Waals surface area contributed by atoms with Crippen LogP contribution in [0, 0.1) is 0 Å². The number of carbonyl (C=O) groups excluding carboxylic acids is 1. The molecule has 1 aromatic rings. The minimum absolute atomic E-state index is 0.149. The van der Waals surface area contributed by atoms with Crippen molar-refractivity contribution < 1.29 is 4.79 Å². The first-order valence-corrected chi connectivity index (χ1v) is 8.17. The summed E-state index contributed by atoms with van der Waals surface area (Å²) in [6, 6.07) is 11.0. The molecule has 0 radical (unpaired) electrons. The third kappa shape index (κ3) is 2.27. The molecule has 1 N–H and O–H groups in total. The van der Waals surface area contributed by atoms with Gasteiger partial charge in [-0.1, -0.05) is 36.8 Å². The Bertz CT molecular complexity index is 518. The van der Waals surface area contributed by atoms with Crippen molar-refractivity contribution in [1.82, 2.24) is 15.1 Å². The Morgan fingerprint density at radius 3 is 2.71 bits per heavy atom. The number of amides is 1. The second-order valence-corrected chi connectivity index (χ2v) is 6.47. The molecule has 0 spiro atoms. The maximum atomic E-state index is 12.8. The molecule has 3 saturated heterocycles. The molecule has 0 saturated carbocycles. The Labute approximate surface area is 126 Å². The van der Waals surface area contributed by atoms with Crippen molar-refractivity contribution >= 4 is 5.91 Å². The lowest BCUT2D eigenvalue weighted by molar-refractivity contribution is -0.131. The zero-order valence-corrected chi connectivity index (χ0v) is 12.4. The Hall–Kier alpha value is -1.39. The van der Waals surface area contributed by atoms with Crippen LogP contribution in [-0.4, -0.2) is 47.5 Å². The van der Waals surface area contributed by atoms with Gasteiger partial charge in [-0.15, -0.1) is 0 Å². The summed E-state index contributed by atoms with van der Waals surface area (Å²) >= 11 is 0. The van der Waals surface area contributed by atoms with E-state index in [2.05, 4.69) is 15.1 Å². The van der Waals surface area contributed by atoms with Crippen LogP contribution < -0.4 is 5.32 Å². The summed E-state index contributed by atoms with van der Waals surface area (Å²) in [7, 11) is 0. The smallest absolute Gasteiger partial charge is 0.245 e. The second kappa shape index (κ2) is 5.43. The maximum Gasteiger partial charge on any atom is 0.245 e. The highest BCUT2D eigenvalue weighted by Crippen LogP contribution is 2.33. The van der Waals surface area contributed by atoms with Crippen LogP contribution in [0.1, 0.15) is 37.3 Å². The molecule has 112 valence electrons. The third-order valence-corrected chi connectivity index (χ3v) is 5.35. The molecule has 3 aliphatic rings. The lowest BCUT2D eigenvalue weighted by atomic mass is 9.97. The Morgan fingerprint density at radius 2 is 1.86 bits per heavy atom. The molecule has 21 heavy (non-hydrogen) atoms. The lowest BCUT2D eigenvalue weighted by Crippen LogP contribution is -2.48. The predicted octanol–water partition coefficient (Wildman–Crippen LogP) is 1.74. The molecule has 1 aromatic carbocycles. The van der Waals surface area contributed by atoms with Crippen LogP contribution in [0.2, 0.25) is 0 Å². The van der Waals surface area contributed by atoms with Crippen molar-refractivity contribution in [3.63, 3.8) is 0 Å². The van der Waals surface area contributed by atoms with Gasteiger partial charge in [0, 0.05) is 18.6 Å². The standard InChI is InChI=1S/C17H23N3O/c21-17-16(13-6-2-1-3-7-13)18-12-20(17)15-9-11-19-10-5-4-8-14(15)19/h1-3,6-7,14-16,18H,4-5,8-12H2. The quantitative estimate of drug-likeness (QED) is 0.899. The molecule has 3 atom stereocenters. The van der Waals surface area contributed by atoms with E-state index in [4.69, 9.17) is 0 Å². The van der Waals surface area contributed by atoms with E-state index in [1.54, 1.807) is 0 Å². The van der Waals surface area contributed by atoms with Crippen LogP contribution in [-0.2, 0) is 4.79 Å². The number of fused-ring (bicyclic) bond motifs is 1. The SMILES string of the molecule is O=C1C(c2ccccc2)NCN1C1CCN2CCCCC12. The Kier molecular flexibility index (Phi) is 3.43. The molecular formula is C17H23N3O. The number of piperidine rings is 1. The van der Waals surface area contributed by atoms with Gasteiger partial charge in [0.15, 0.2) is 0 Å². The molecule has 4 nitrogen and oxygen atoms in total. The molecule has 0 aromatic heterocycles. The zero-order chi connectivity index (χ0) is 14.2. The van der Waals surface area contributed by atoms with Crippen molar-refractivity contribution in [2.45, 2.75) is 43.8 Å². The van der Waals surface area contributed by atoms with E-state index < -0.39 is 0 Å². The summed E-state index contributed by atoms with van der Waals surface area (Å²) < 4.78 is 0. The molecule has 0 bridgehead atoms. The number of hydrogen-bond donors (Lipinski definition) is 1. The maximum absolute atomic E-state index is 12.8. The largest absolute Gasteiger partial charge is 0.324 e. The average molecular weight is 285 g/mol. The number of rotatable bonds is 2. The average Bonchev–Trinajstić information content (AvgIpc) is 3.11. The lowest BCUT2D eigenvalue weighted by Gasteiger charge is -2.35. The first-order valence-electron chi connectivity index (χ1n) is 8.17. The minimum atomic E-state index is -0.149. The highest BCUT2D eigenvalue weighted by molar-refractivity contribution is 5.85. The van der Waals surface area contributed by atoms with Gasteiger partial charge in [-0.25, -0.2) is 0 Å². The summed E-state index contributed by atoms with van der Waals surface area (Å²) in [5.74, 6) is 0.263. The number of benzene rings is 1. The van der Waals surface area contributed by atoms with Crippen LogP contribution in [0.4, 0.5) is 0 Å². The zero-order valence-electron chi connectivity index (χ0n) is 12.4. The number of nitrogens with one attached hydrogen (secondary N) is 1. The third-order valence-electron chi connectivity index (χ3n) is 5.35. The molecule has 4 rings (SSSR count). The van der Waals surface area contributed by atoms with Gasteiger partial charge in [-0.2, -0.15) is 0 Å². The van der Waals surface area contributed by atoms with E-state index in [1.165, 1.54) is 25.8 Å². The van der Waals surface area contributed by atoms with Crippen molar-refractivity contribution in [1.29, 1.82) is 0 Å². The highest BCUT2D eigenvalue weighted by Gasteiger charge is 2.44.